The van der Waals surface area contributed by atoms with Crippen LogP contribution in [-0.4, -0.2) is 55.7 Å². The van der Waals surface area contributed by atoms with E-state index in [2.05, 4.69) is 4.74 Å². The van der Waals surface area contributed by atoms with Gasteiger partial charge in [-0.05, 0) is 24.3 Å². The zero-order valence-corrected chi connectivity index (χ0v) is 18.4. The van der Waals surface area contributed by atoms with Crippen LogP contribution in [0, 0.1) is 5.41 Å². The molecule has 1 aromatic carbocycles. The molecule has 232 valence electrons. The molecule has 0 bridgehead atoms. The first-order chi connectivity index (χ1) is 17.2. The molecule has 4 nitrogen and oxygen atoms in total. The minimum atomic E-state index is -9.15. The predicted molar refractivity (Wildman–Crippen MR) is 86.5 cm³/mol. The van der Waals surface area contributed by atoms with Crippen molar-refractivity contribution in [1.29, 1.82) is 0 Å². The van der Waals surface area contributed by atoms with Gasteiger partial charge in [-0.1, -0.05) is 0 Å². The summed E-state index contributed by atoms with van der Waals surface area (Å²) in [7, 11) is -5.30. The minimum Gasteiger partial charge on any atom is -0.452 e. The van der Waals surface area contributed by atoms with Crippen molar-refractivity contribution < 1.29 is 101 Å². The van der Waals surface area contributed by atoms with Gasteiger partial charge in [-0.2, -0.15) is 91.8 Å². The molecule has 0 spiro atoms. The van der Waals surface area contributed by atoms with Crippen molar-refractivity contribution in [2.24, 2.45) is 5.41 Å². The summed E-state index contributed by atoms with van der Waals surface area (Å²) in [5.41, 5.74) is -15.1. The first kappa shape index (κ1) is 35.4. The molecule has 0 saturated carbocycles. The van der Waals surface area contributed by atoms with Crippen molar-refractivity contribution in [1.82, 2.24) is 0 Å². The quantitative estimate of drug-likeness (QED) is 0.195. The molecule has 0 unspecified atom stereocenters. The Kier molecular flexibility index (Phi) is 8.59. The fourth-order valence-corrected chi connectivity index (χ4v) is 3.47. The van der Waals surface area contributed by atoms with Crippen LogP contribution in [0.5, 0.6) is 5.75 Å². The van der Waals surface area contributed by atoms with Crippen LogP contribution in [0.3, 0.4) is 0 Å². The van der Waals surface area contributed by atoms with Crippen molar-refractivity contribution >= 4 is 10.1 Å². The molecule has 1 N–H and O–H groups in total. The normalized spacial score (nSPS) is 16.1. The van der Waals surface area contributed by atoms with Crippen LogP contribution < -0.4 is 4.74 Å². The van der Waals surface area contributed by atoms with E-state index in [1.807, 2.05) is 0 Å². The Bertz CT molecular complexity index is 1190. The highest BCUT2D eigenvalue weighted by molar-refractivity contribution is 7.85. The smallest absolute Gasteiger partial charge is 0.452 e. The van der Waals surface area contributed by atoms with E-state index in [0.29, 0.717) is 0 Å². The summed E-state index contributed by atoms with van der Waals surface area (Å²) in [5, 5.41) is 0. The lowest BCUT2D eigenvalue weighted by Gasteiger charge is -2.48. The first-order valence-electron chi connectivity index (χ1n) is 8.79. The molecule has 24 heteroatoms. The van der Waals surface area contributed by atoms with E-state index in [1.54, 1.807) is 0 Å². The maximum absolute atomic E-state index is 14.1. The number of ether oxygens (including phenoxy) is 1. The largest absolute Gasteiger partial charge is 0.454 e. The monoisotopic (exact) mass is 654 g/mol. The summed E-state index contributed by atoms with van der Waals surface area (Å²) >= 11 is 0. The molecule has 0 aliphatic heterocycles. The van der Waals surface area contributed by atoms with Crippen LogP contribution in [-0.2, 0) is 10.1 Å². The third kappa shape index (κ3) is 5.86. The maximum Gasteiger partial charge on any atom is 0.454 e. The molecule has 0 heterocycles. The van der Waals surface area contributed by atoms with E-state index >= 15 is 0 Å². The van der Waals surface area contributed by atoms with Crippen LogP contribution >= 0.6 is 0 Å². The second-order valence-corrected chi connectivity index (χ2v) is 8.56. The molecule has 1 aromatic rings. The number of hydrogen-bond acceptors (Lipinski definition) is 3. The van der Waals surface area contributed by atoms with Gasteiger partial charge < -0.3 is 4.74 Å². The van der Waals surface area contributed by atoms with Gasteiger partial charge in [0.1, 0.15) is 11.3 Å². The Hall–Kier alpha value is -2.66. The van der Waals surface area contributed by atoms with Crippen molar-refractivity contribution in [3.8, 4) is 5.75 Å². The molecule has 0 atom stereocenters. The molecule has 0 aromatic heterocycles. The van der Waals surface area contributed by atoms with E-state index in [4.69, 9.17) is 4.55 Å². The van der Waals surface area contributed by atoms with Crippen molar-refractivity contribution in [3.63, 3.8) is 0 Å². The van der Waals surface area contributed by atoms with Crippen molar-refractivity contribution in [2.75, 3.05) is 0 Å². The second-order valence-electron chi connectivity index (χ2n) is 7.14. The third-order valence-corrected chi connectivity index (χ3v) is 5.43. The standard InChI is InChI=1S/C16H5F19O4S/c17-10(18,19)7(8(11(20,21)22)39-5-1-3-6(4-2-5)40(36,37)38)9(14(27,28)29,12(23,24)15(30,31)32)13(25,26)16(33,34)35/h1-4H,(H,36,37,38)/b8-7+. The van der Waals surface area contributed by atoms with Crippen molar-refractivity contribution in [3.05, 3.63) is 35.6 Å². The van der Waals surface area contributed by atoms with Gasteiger partial charge in [0.15, 0.2) is 0 Å². The Morgan fingerprint density at radius 1 is 0.575 bits per heavy atom. The van der Waals surface area contributed by atoms with Crippen LogP contribution in [0.4, 0.5) is 83.4 Å². The van der Waals surface area contributed by atoms with Gasteiger partial charge in [0, 0.05) is 0 Å². The molecule has 0 radical (unpaired) electrons. The zero-order valence-electron chi connectivity index (χ0n) is 17.6. The molecule has 0 fully saturated rings. The molecule has 0 amide bonds. The van der Waals surface area contributed by atoms with E-state index in [0.717, 1.165) is 0 Å². The van der Waals surface area contributed by atoms with Gasteiger partial charge in [0.25, 0.3) is 10.1 Å². The minimum absolute atomic E-state index is 0.127. The fraction of sp³-hybridized carbons (Fsp3) is 0.500. The fourth-order valence-electron chi connectivity index (χ4n) is 2.99. The average molecular weight is 654 g/mol. The Labute approximate surface area is 206 Å². The molecule has 0 aliphatic carbocycles. The van der Waals surface area contributed by atoms with E-state index in [9.17, 15) is 91.8 Å². The summed E-state index contributed by atoms with van der Waals surface area (Å²) < 4.78 is 290. The highest BCUT2D eigenvalue weighted by Crippen LogP contribution is 2.72. The van der Waals surface area contributed by atoms with Gasteiger partial charge in [0.2, 0.25) is 11.2 Å². The van der Waals surface area contributed by atoms with Gasteiger partial charge in [-0.25, -0.2) is 0 Å². The average Bonchev–Trinajstić information content (AvgIpc) is 2.65. The molecular formula is C16H5F19O4S. The van der Waals surface area contributed by atoms with Crippen LogP contribution in [0.15, 0.2) is 40.5 Å². The summed E-state index contributed by atoms with van der Waals surface area (Å²) in [5.74, 6) is -25.1. The van der Waals surface area contributed by atoms with Crippen molar-refractivity contribution in [2.45, 2.75) is 47.6 Å². The van der Waals surface area contributed by atoms with E-state index < -0.39 is 80.2 Å². The highest BCUT2D eigenvalue weighted by atomic mass is 32.2. The topological polar surface area (TPSA) is 63.6 Å². The maximum atomic E-state index is 14.1. The second kappa shape index (κ2) is 9.72. The van der Waals surface area contributed by atoms with E-state index in [1.165, 1.54) is 0 Å². The van der Waals surface area contributed by atoms with Crippen LogP contribution in [0.1, 0.15) is 0 Å². The molecule has 1 rings (SSSR count). The Morgan fingerprint density at radius 3 is 1.15 bits per heavy atom. The summed E-state index contributed by atoms with van der Waals surface area (Å²) in [4.78, 5) is -1.37. The lowest BCUT2D eigenvalue weighted by atomic mass is 9.66. The Balaban J connectivity index is 4.66. The lowest BCUT2D eigenvalue weighted by molar-refractivity contribution is -0.457. The third-order valence-electron chi connectivity index (χ3n) is 4.56. The predicted octanol–water partition coefficient (Wildman–Crippen LogP) is 7.63. The highest BCUT2D eigenvalue weighted by Gasteiger charge is 2.96. The van der Waals surface area contributed by atoms with Gasteiger partial charge in [0.05, 0.1) is 4.90 Å². The molecule has 0 aliphatic rings. The lowest BCUT2D eigenvalue weighted by Crippen LogP contribution is -2.73. The summed E-state index contributed by atoms with van der Waals surface area (Å²) in [6, 6.07) is -0.918. The number of allylic oxidation sites excluding steroid dienone is 2. The van der Waals surface area contributed by atoms with Gasteiger partial charge in [-0.3, -0.25) is 4.55 Å². The van der Waals surface area contributed by atoms with Crippen LogP contribution in [0.2, 0.25) is 0 Å². The number of alkyl halides is 19. The Morgan fingerprint density at radius 2 is 0.925 bits per heavy atom. The molecule has 0 saturated heterocycles. The molecular weight excluding hydrogens is 649 g/mol. The zero-order chi connectivity index (χ0) is 32.3. The first-order valence-corrected chi connectivity index (χ1v) is 10.2. The molecule has 40 heavy (non-hydrogen) atoms. The van der Waals surface area contributed by atoms with Gasteiger partial charge in [-0.15, -0.1) is 0 Å². The summed E-state index contributed by atoms with van der Waals surface area (Å²) in [6.45, 7) is 0. The number of hydrogen-bond donors (Lipinski definition) is 1. The van der Waals surface area contributed by atoms with Crippen LogP contribution in [0.25, 0.3) is 0 Å². The number of benzene rings is 1. The van der Waals surface area contributed by atoms with Gasteiger partial charge >= 0.3 is 42.7 Å². The number of rotatable bonds is 6. The number of halogens is 19. The SMILES string of the molecule is O=S(=O)(O)c1ccc(O/C(=C(/C(F)(F)F)C(C(F)(F)F)(C(F)(F)C(F)(F)F)C(F)(F)C(F)(F)F)C(F)(F)F)cc1. The van der Waals surface area contributed by atoms with E-state index in [-0.39, 0.29) is 24.3 Å². The summed E-state index contributed by atoms with van der Waals surface area (Å²) in [6.07, 6.45) is -41.5.